The quantitative estimate of drug-likeness (QED) is 0.653. The topological polar surface area (TPSA) is 91.4 Å². The average molecular weight is 290 g/mol. The van der Waals surface area contributed by atoms with Gasteiger partial charge in [0.15, 0.2) is 0 Å². The number of carbonyl (C=O) groups is 1. The van der Waals surface area contributed by atoms with Crippen molar-refractivity contribution in [1.29, 1.82) is 0 Å². The van der Waals surface area contributed by atoms with Gasteiger partial charge in [-0.3, -0.25) is 9.59 Å². The molecule has 0 saturated carbocycles. The van der Waals surface area contributed by atoms with Gasteiger partial charge >= 0.3 is 0 Å². The van der Waals surface area contributed by atoms with Crippen molar-refractivity contribution in [3.63, 3.8) is 0 Å². The smallest absolute Gasteiger partial charge is 0.267 e. The van der Waals surface area contributed by atoms with Crippen molar-refractivity contribution >= 4 is 16.7 Å². The van der Waals surface area contributed by atoms with Gasteiger partial charge in [0, 0.05) is 18.5 Å². The number of amides is 1. The number of H-pyrrole nitrogens is 1. The summed E-state index contributed by atoms with van der Waals surface area (Å²) in [6.45, 7) is 1.20. The van der Waals surface area contributed by atoms with Crippen LogP contribution in [0.4, 0.5) is 0 Å². The summed E-state index contributed by atoms with van der Waals surface area (Å²) in [6.07, 6.45) is 0.642. The molecular formula is C15H18N2O4. The lowest BCUT2D eigenvalue weighted by atomic mass is 10.1. The number of ether oxygens (including phenoxy) is 1. The summed E-state index contributed by atoms with van der Waals surface area (Å²) in [4.78, 5) is 26.4. The monoisotopic (exact) mass is 290 g/mol. The van der Waals surface area contributed by atoms with Crippen LogP contribution in [-0.4, -0.2) is 42.4 Å². The molecule has 1 aromatic carbocycles. The molecule has 112 valence electrons. The maximum atomic E-state index is 12.0. The van der Waals surface area contributed by atoms with Crippen LogP contribution in [0.15, 0.2) is 35.1 Å². The van der Waals surface area contributed by atoms with Gasteiger partial charge in [-0.2, -0.15) is 0 Å². The number of hydrogen-bond acceptors (Lipinski definition) is 4. The van der Waals surface area contributed by atoms with Crippen molar-refractivity contribution in [3.8, 4) is 0 Å². The number of carbonyl (C=O) groups excluding carboxylic acids is 1. The normalized spacial score (nSPS) is 10.7. The number of nitrogens with one attached hydrogen (secondary N) is 2. The molecule has 0 radical (unpaired) electrons. The molecule has 0 spiro atoms. The van der Waals surface area contributed by atoms with Crippen molar-refractivity contribution in [2.24, 2.45) is 0 Å². The molecule has 0 atom stereocenters. The number of pyridine rings is 1. The van der Waals surface area contributed by atoms with E-state index in [1.807, 2.05) is 6.07 Å². The highest BCUT2D eigenvalue weighted by Gasteiger charge is 2.08. The fourth-order valence-electron chi connectivity index (χ4n) is 1.97. The first-order valence-electron chi connectivity index (χ1n) is 6.81. The summed E-state index contributed by atoms with van der Waals surface area (Å²) in [7, 11) is 0. The zero-order chi connectivity index (χ0) is 15.1. The summed E-state index contributed by atoms with van der Waals surface area (Å²) < 4.78 is 5.09. The minimum atomic E-state index is -0.319. The Bertz CT molecular complexity index is 666. The van der Waals surface area contributed by atoms with E-state index in [1.165, 1.54) is 0 Å². The van der Waals surface area contributed by atoms with Gasteiger partial charge in [-0.15, -0.1) is 0 Å². The molecule has 0 bridgehead atoms. The number of aromatic nitrogens is 1. The highest BCUT2D eigenvalue weighted by Crippen LogP contribution is 2.09. The maximum absolute atomic E-state index is 12.0. The highest BCUT2D eigenvalue weighted by molar-refractivity contribution is 5.96. The Labute approximate surface area is 121 Å². The van der Waals surface area contributed by atoms with Gasteiger partial charge in [0.2, 0.25) is 0 Å². The molecule has 1 amide bonds. The number of aromatic amines is 1. The van der Waals surface area contributed by atoms with E-state index < -0.39 is 0 Å². The Morgan fingerprint density at radius 2 is 2.10 bits per heavy atom. The number of aliphatic hydroxyl groups is 1. The lowest BCUT2D eigenvalue weighted by Crippen LogP contribution is -2.28. The zero-order valence-electron chi connectivity index (χ0n) is 11.6. The summed E-state index contributed by atoms with van der Waals surface area (Å²) in [6, 6.07) is 8.78. The van der Waals surface area contributed by atoms with Gasteiger partial charge in [-0.05, 0) is 23.9 Å². The minimum absolute atomic E-state index is 0.00924. The molecule has 1 aromatic heterocycles. The molecule has 0 aliphatic rings. The summed E-state index contributed by atoms with van der Waals surface area (Å²) >= 11 is 0. The Morgan fingerprint density at radius 1 is 1.29 bits per heavy atom. The third-order valence-electron chi connectivity index (χ3n) is 2.98. The molecule has 0 aliphatic carbocycles. The second-order valence-corrected chi connectivity index (χ2v) is 4.54. The number of fused-ring (bicyclic) bond motifs is 1. The van der Waals surface area contributed by atoms with E-state index >= 15 is 0 Å². The van der Waals surface area contributed by atoms with E-state index in [2.05, 4.69) is 10.3 Å². The summed E-state index contributed by atoms with van der Waals surface area (Å²) in [5.74, 6) is -0.319. The highest BCUT2D eigenvalue weighted by atomic mass is 16.5. The van der Waals surface area contributed by atoms with E-state index in [1.54, 1.807) is 24.3 Å². The van der Waals surface area contributed by atoms with E-state index in [0.29, 0.717) is 31.6 Å². The van der Waals surface area contributed by atoms with Crippen LogP contribution in [0.3, 0.4) is 0 Å². The first-order valence-corrected chi connectivity index (χ1v) is 6.81. The standard InChI is InChI=1S/C15H18N2O4/c18-7-9-21-8-3-6-16-15(20)13-10-11-4-1-2-5-12(11)14(19)17-13/h1-2,4-5,10,18H,3,6-9H2,(H,16,20)(H,17,19). The van der Waals surface area contributed by atoms with E-state index in [4.69, 9.17) is 9.84 Å². The molecule has 6 heteroatoms. The van der Waals surface area contributed by atoms with Crippen LogP contribution in [0.2, 0.25) is 0 Å². The van der Waals surface area contributed by atoms with E-state index in [-0.39, 0.29) is 23.8 Å². The van der Waals surface area contributed by atoms with Crippen LogP contribution in [-0.2, 0) is 4.74 Å². The van der Waals surface area contributed by atoms with E-state index in [0.717, 1.165) is 5.39 Å². The Morgan fingerprint density at radius 3 is 2.90 bits per heavy atom. The number of rotatable bonds is 7. The zero-order valence-corrected chi connectivity index (χ0v) is 11.6. The lowest BCUT2D eigenvalue weighted by molar-refractivity contribution is 0.0865. The molecule has 0 aliphatic heterocycles. The van der Waals surface area contributed by atoms with Crippen molar-refractivity contribution in [2.75, 3.05) is 26.4 Å². The third-order valence-corrected chi connectivity index (χ3v) is 2.98. The number of hydrogen-bond donors (Lipinski definition) is 3. The molecule has 0 unspecified atom stereocenters. The SMILES string of the molecule is O=C(NCCCOCCO)c1cc2ccccc2c(=O)[nH]1. The molecule has 2 aromatic rings. The Hall–Kier alpha value is -2.18. The van der Waals surface area contributed by atoms with Crippen LogP contribution < -0.4 is 10.9 Å². The molecular weight excluding hydrogens is 272 g/mol. The second-order valence-electron chi connectivity index (χ2n) is 4.54. The van der Waals surface area contributed by atoms with Crippen LogP contribution >= 0.6 is 0 Å². The fraction of sp³-hybridized carbons (Fsp3) is 0.333. The first-order chi connectivity index (χ1) is 10.2. The Kier molecular flexibility index (Phi) is 5.48. The van der Waals surface area contributed by atoms with Crippen molar-refractivity contribution in [3.05, 3.63) is 46.4 Å². The molecule has 0 fully saturated rings. The van der Waals surface area contributed by atoms with Gasteiger partial charge in [0.25, 0.3) is 11.5 Å². The molecule has 1 heterocycles. The summed E-state index contributed by atoms with van der Waals surface area (Å²) in [5.41, 5.74) is -0.0282. The molecule has 2 rings (SSSR count). The average Bonchev–Trinajstić information content (AvgIpc) is 2.50. The van der Waals surface area contributed by atoms with Crippen molar-refractivity contribution < 1.29 is 14.6 Å². The predicted octanol–water partition coefficient (Wildman–Crippen LogP) is 0.657. The first kappa shape index (κ1) is 15.2. The number of benzene rings is 1. The molecule has 3 N–H and O–H groups in total. The minimum Gasteiger partial charge on any atom is -0.394 e. The van der Waals surface area contributed by atoms with E-state index in [9.17, 15) is 9.59 Å². The summed E-state index contributed by atoms with van der Waals surface area (Å²) in [5, 5.41) is 12.6. The van der Waals surface area contributed by atoms with Gasteiger partial charge in [-0.1, -0.05) is 18.2 Å². The Balaban J connectivity index is 1.95. The largest absolute Gasteiger partial charge is 0.394 e. The number of aliphatic hydroxyl groups excluding tert-OH is 1. The van der Waals surface area contributed by atoms with Crippen molar-refractivity contribution in [2.45, 2.75) is 6.42 Å². The fourth-order valence-corrected chi connectivity index (χ4v) is 1.97. The van der Waals surface area contributed by atoms with Crippen molar-refractivity contribution in [1.82, 2.24) is 10.3 Å². The van der Waals surface area contributed by atoms with Gasteiger partial charge in [0.05, 0.1) is 13.2 Å². The predicted molar refractivity (Wildman–Crippen MR) is 79.4 cm³/mol. The van der Waals surface area contributed by atoms with Gasteiger partial charge in [0.1, 0.15) is 5.69 Å². The van der Waals surface area contributed by atoms with Gasteiger partial charge < -0.3 is 20.1 Å². The molecule has 6 nitrogen and oxygen atoms in total. The van der Waals surface area contributed by atoms with Crippen LogP contribution in [0, 0.1) is 0 Å². The molecule has 21 heavy (non-hydrogen) atoms. The second kappa shape index (κ2) is 7.56. The van der Waals surface area contributed by atoms with Gasteiger partial charge in [-0.25, -0.2) is 0 Å². The lowest BCUT2D eigenvalue weighted by Gasteiger charge is -2.06. The third kappa shape index (κ3) is 4.14. The maximum Gasteiger partial charge on any atom is 0.267 e. The molecule has 0 saturated heterocycles. The van der Waals surface area contributed by atoms with Crippen LogP contribution in [0.1, 0.15) is 16.9 Å². The van der Waals surface area contributed by atoms with Crippen LogP contribution in [0.5, 0.6) is 0 Å². The van der Waals surface area contributed by atoms with Crippen LogP contribution in [0.25, 0.3) is 10.8 Å².